The van der Waals surface area contributed by atoms with Crippen molar-refractivity contribution in [2.75, 3.05) is 39.4 Å². The molecule has 1 aromatic rings. The molecule has 1 atom stereocenters. The van der Waals surface area contributed by atoms with Crippen LogP contribution in [0.4, 0.5) is 0 Å². The van der Waals surface area contributed by atoms with Crippen molar-refractivity contribution >= 4 is 11.8 Å². The molecule has 0 radical (unpaired) electrons. The van der Waals surface area contributed by atoms with Crippen molar-refractivity contribution in [3.63, 3.8) is 0 Å². The van der Waals surface area contributed by atoms with Crippen molar-refractivity contribution in [2.24, 2.45) is 0 Å². The summed E-state index contributed by atoms with van der Waals surface area (Å²) in [6.07, 6.45) is 1.17. The van der Waals surface area contributed by atoms with Gasteiger partial charge in [-0.05, 0) is 18.5 Å². The van der Waals surface area contributed by atoms with Crippen LogP contribution in [-0.2, 0) is 14.3 Å². The molecule has 1 aromatic carbocycles. The van der Waals surface area contributed by atoms with Gasteiger partial charge in [0.05, 0.1) is 25.7 Å². The summed E-state index contributed by atoms with van der Waals surface area (Å²) in [5.41, 5.74) is 0.941. The van der Waals surface area contributed by atoms with Gasteiger partial charge in [0.1, 0.15) is 0 Å². The predicted octanol–water partition coefficient (Wildman–Crippen LogP) is 1.09. The average Bonchev–Trinajstić information content (AvgIpc) is 2.59. The number of ether oxygens (including phenoxy) is 1. The van der Waals surface area contributed by atoms with Crippen LogP contribution in [-0.4, -0.2) is 56.1 Å². The summed E-state index contributed by atoms with van der Waals surface area (Å²) in [5, 5.41) is 5.79. The molecule has 6 nitrogen and oxygen atoms in total. The highest BCUT2D eigenvalue weighted by atomic mass is 16.5. The van der Waals surface area contributed by atoms with Crippen LogP contribution in [0.1, 0.15) is 31.4 Å². The summed E-state index contributed by atoms with van der Waals surface area (Å²) < 4.78 is 5.32. The molecule has 1 aliphatic rings. The molecule has 0 saturated carbocycles. The lowest BCUT2D eigenvalue weighted by Gasteiger charge is -2.26. The van der Waals surface area contributed by atoms with E-state index in [2.05, 4.69) is 15.5 Å². The van der Waals surface area contributed by atoms with Crippen molar-refractivity contribution < 1.29 is 14.3 Å². The van der Waals surface area contributed by atoms with E-state index in [4.69, 9.17) is 4.74 Å². The second-order valence-electron chi connectivity index (χ2n) is 6.03. The van der Waals surface area contributed by atoms with E-state index in [1.54, 1.807) is 0 Å². The number of amides is 2. The van der Waals surface area contributed by atoms with E-state index in [1.165, 1.54) is 6.92 Å². The fraction of sp³-hybridized carbons (Fsp3) is 0.556. The largest absolute Gasteiger partial charge is 0.379 e. The highest BCUT2D eigenvalue weighted by molar-refractivity contribution is 5.79. The minimum absolute atomic E-state index is 0.0421. The van der Waals surface area contributed by atoms with Gasteiger partial charge in [0.2, 0.25) is 11.8 Å². The molecule has 1 unspecified atom stereocenters. The Hall–Kier alpha value is -1.92. The number of carbonyl (C=O) groups is 2. The van der Waals surface area contributed by atoms with Gasteiger partial charge in [-0.2, -0.15) is 0 Å². The van der Waals surface area contributed by atoms with Crippen LogP contribution in [0.15, 0.2) is 30.3 Å². The Kier molecular flexibility index (Phi) is 7.71. The zero-order valence-corrected chi connectivity index (χ0v) is 14.3. The molecular weight excluding hydrogens is 306 g/mol. The van der Waals surface area contributed by atoms with E-state index in [9.17, 15) is 9.59 Å². The van der Waals surface area contributed by atoms with Crippen LogP contribution < -0.4 is 10.6 Å². The molecule has 1 aliphatic heterocycles. The normalized spacial score (nSPS) is 16.4. The Morgan fingerprint density at radius 1 is 1.21 bits per heavy atom. The van der Waals surface area contributed by atoms with Crippen LogP contribution in [0.3, 0.4) is 0 Å². The third-order valence-electron chi connectivity index (χ3n) is 4.05. The van der Waals surface area contributed by atoms with Crippen LogP contribution in [0.2, 0.25) is 0 Å². The maximum atomic E-state index is 12.2. The van der Waals surface area contributed by atoms with E-state index < -0.39 is 0 Å². The van der Waals surface area contributed by atoms with Crippen molar-refractivity contribution in [1.29, 1.82) is 0 Å². The molecule has 1 saturated heterocycles. The average molecular weight is 333 g/mol. The minimum atomic E-state index is -0.289. The number of rotatable bonds is 8. The first-order valence-corrected chi connectivity index (χ1v) is 8.54. The third-order valence-corrected chi connectivity index (χ3v) is 4.05. The fourth-order valence-electron chi connectivity index (χ4n) is 2.80. The standard InChI is InChI=1S/C18H27N3O3/c1-15(22)20-17(16-6-3-2-4-7-16)14-18(23)19-8-5-9-21-10-12-24-13-11-21/h2-4,6-7,17H,5,8-14H2,1H3,(H,19,23)(H,20,22). The van der Waals surface area contributed by atoms with Gasteiger partial charge in [-0.15, -0.1) is 0 Å². The van der Waals surface area contributed by atoms with Gasteiger partial charge in [-0.3, -0.25) is 14.5 Å². The molecule has 6 heteroatoms. The highest BCUT2D eigenvalue weighted by Crippen LogP contribution is 2.16. The van der Waals surface area contributed by atoms with Crippen LogP contribution in [0.25, 0.3) is 0 Å². The molecule has 0 spiro atoms. The minimum Gasteiger partial charge on any atom is -0.379 e. The molecule has 132 valence electrons. The molecular formula is C18H27N3O3. The summed E-state index contributed by atoms with van der Waals surface area (Å²) in [5.74, 6) is -0.177. The number of carbonyl (C=O) groups excluding carboxylic acids is 2. The Morgan fingerprint density at radius 3 is 2.58 bits per heavy atom. The first-order valence-electron chi connectivity index (χ1n) is 8.54. The zero-order valence-electron chi connectivity index (χ0n) is 14.3. The van der Waals surface area contributed by atoms with Crippen LogP contribution >= 0.6 is 0 Å². The number of hydrogen-bond donors (Lipinski definition) is 2. The van der Waals surface area contributed by atoms with Crippen LogP contribution in [0, 0.1) is 0 Å². The Labute approximate surface area is 143 Å². The Balaban J connectivity index is 1.72. The third kappa shape index (κ3) is 6.68. The van der Waals surface area contributed by atoms with E-state index in [0.29, 0.717) is 6.54 Å². The van der Waals surface area contributed by atoms with Gasteiger partial charge >= 0.3 is 0 Å². The molecule has 0 bridgehead atoms. The first kappa shape index (κ1) is 18.4. The fourth-order valence-corrected chi connectivity index (χ4v) is 2.80. The van der Waals surface area contributed by atoms with E-state index in [-0.39, 0.29) is 24.3 Å². The molecule has 0 aliphatic carbocycles. The molecule has 2 amide bonds. The summed E-state index contributed by atoms with van der Waals surface area (Å²) >= 11 is 0. The summed E-state index contributed by atoms with van der Waals surface area (Å²) in [7, 11) is 0. The monoisotopic (exact) mass is 333 g/mol. The molecule has 0 aromatic heterocycles. The zero-order chi connectivity index (χ0) is 17.2. The van der Waals surface area contributed by atoms with Gasteiger partial charge in [0.25, 0.3) is 0 Å². The number of nitrogens with one attached hydrogen (secondary N) is 2. The Bertz CT molecular complexity index is 516. The van der Waals surface area contributed by atoms with Crippen molar-refractivity contribution in [3.05, 3.63) is 35.9 Å². The van der Waals surface area contributed by atoms with Crippen molar-refractivity contribution in [1.82, 2.24) is 15.5 Å². The highest BCUT2D eigenvalue weighted by Gasteiger charge is 2.16. The number of nitrogens with zero attached hydrogens (tertiary/aromatic N) is 1. The predicted molar refractivity (Wildman–Crippen MR) is 92.5 cm³/mol. The summed E-state index contributed by atoms with van der Waals surface area (Å²) in [6.45, 7) is 6.61. The molecule has 2 N–H and O–H groups in total. The van der Waals surface area contributed by atoms with Crippen molar-refractivity contribution in [3.8, 4) is 0 Å². The van der Waals surface area contributed by atoms with Crippen molar-refractivity contribution in [2.45, 2.75) is 25.8 Å². The lowest BCUT2D eigenvalue weighted by molar-refractivity contribution is -0.122. The smallest absolute Gasteiger partial charge is 0.222 e. The maximum absolute atomic E-state index is 12.2. The second kappa shape index (κ2) is 10.1. The van der Waals surface area contributed by atoms with Gasteiger partial charge in [0, 0.05) is 26.6 Å². The van der Waals surface area contributed by atoms with E-state index in [1.807, 2.05) is 30.3 Å². The number of benzene rings is 1. The van der Waals surface area contributed by atoms with Gasteiger partial charge in [0.15, 0.2) is 0 Å². The Morgan fingerprint density at radius 2 is 1.92 bits per heavy atom. The lowest BCUT2D eigenvalue weighted by Crippen LogP contribution is -2.38. The lowest BCUT2D eigenvalue weighted by atomic mass is 10.0. The van der Waals surface area contributed by atoms with Gasteiger partial charge < -0.3 is 15.4 Å². The van der Waals surface area contributed by atoms with Gasteiger partial charge in [-0.25, -0.2) is 0 Å². The maximum Gasteiger partial charge on any atom is 0.222 e. The van der Waals surface area contributed by atoms with E-state index in [0.717, 1.165) is 44.8 Å². The SMILES string of the molecule is CC(=O)NC(CC(=O)NCCCN1CCOCC1)c1ccccc1. The number of hydrogen-bond acceptors (Lipinski definition) is 4. The molecule has 1 heterocycles. The molecule has 24 heavy (non-hydrogen) atoms. The van der Waals surface area contributed by atoms with Crippen LogP contribution in [0.5, 0.6) is 0 Å². The van der Waals surface area contributed by atoms with Gasteiger partial charge in [-0.1, -0.05) is 30.3 Å². The van der Waals surface area contributed by atoms with E-state index >= 15 is 0 Å². The molecule has 1 fully saturated rings. The second-order valence-corrected chi connectivity index (χ2v) is 6.03. The quantitative estimate of drug-likeness (QED) is 0.699. The molecule has 2 rings (SSSR count). The topological polar surface area (TPSA) is 70.7 Å². The number of morpholine rings is 1. The first-order chi connectivity index (χ1) is 11.6. The summed E-state index contributed by atoms with van der Waals surface area (Å²) in [4.78, 5) is 25.9. The summed E-state index contributed by atoms with van der Waals surface area (Å²) in [6, 6.07) is 9.29.